The molecule has 2 fully saturated rings. The number of aromatic nitrogens is 2. The Morgan fingerprint density at radius 2 is 1.64 bits per heavy atom. The van der Waals surface area contributed by atoms with Crippen LogP contribution in [0, 0.1) is 11.2 Å². The van der Waals surface area contributed by atoms with Crippen LogP contribution in [0.25, 0.3) is 5.69 Å². The van der Waals surface area contributed by atoms with E-state index in [2.05, 4.69) is 5.10 Å². The largest absolute Gasteiger partial charge is 0.337 e. The molecule has 0 N–H and O–H groups in total. The van der Waals surface area contributed by atoms with Crippen LogP contribution in [0.3, 0.4) is 0 Å². The summed E-state index contributed by atoms with van der Waals surface area (Å²) in [4.78, 5) is 14.7. The fourth-order valence-electron chi connectivity index (χ4n) is 4.32. The first-order valence-corrected chi connectivity index (χ1v) is 9.26. The molecular formula is C20H24FN3O. The van der Waals surface area contributed by atoms with E-state index in [1.165, 1.54) is 44.2 Å². The van der Waals surface area contributed by atoms with Gasteiger partial charge in [0.15, 0.2) is 5.69 Å². The van der Waals surface area contributed by atoms with Crippen molar-refractivity contribution >= 4 is 5.91 Å². The van der Waals surface area contributed by atoms with Gasteiger partial charge < -0.3 is 4.90 Å². The van der Waals surface area contributed by atoms with E-state index in [4.69, 9.17) is 0 Å². The van der Waals surface area contributed by atoms with Gasteiger partial charge in [-0.2, -0.15) is 5.10 Å². The van der Waals surface area contributed by atoms with Crippen molar-refractivity contribution in [2.24, 2.45) is 5.41 Å². The zero-order valence-corrected chi connectivity index (χ0v) is 14.5. The molecule has 1 saturated heterocycles. The van der Waals surface area contributed by atoms with Crippen molar-refractivity contribution < 1.29 is 9.18 Å². The number of hydrogen-bond donors (Lipinski definition) is 0. The Bertz CT molecular complexity index is 737. The first kappa shape index (κ1) is 16.3. The fraction of sp³-hybridized carbons (Fsp3) is 0.500. The van der Waals surface area contributed by atoms with Crippen molar-refractivity contribution in [1.82, 2.24) is 14.7 Å². The number of nitrogens with zero attached hydrogens (tertiary/aromatic N) is 3. The Morgan fingerprint density at radius 1 is 0.960 bits per heavy atom. The summed E-state index contributed by atoms with van der Waals surface area (Å²) in [6.45, 7) is 1.67. The number of benzene rings is 1. The fourth-order valence-corrected chi connectivity index (χ4v) is 4.32. The number of likely N-dealkylation sites (tertiary alicyclic amines) is 1. The molecule has 1 saturated carbocycles. The maximum Gasteiger partial charge on any atom is 0.274 e. The predicted octanol–water partition coefficient (Wildman–Crippen LogP) is 4.20. The van der Waals surface area contributed by atoms with Crippen LogP contribution in [0.1, 0.15) is 55.4 Å². The zero-order valence-electron chi connectivity index (χ0n) is 14.5. The number of rotatable bonds is 2. The van der Waals surface area contributed by atoms with Crippen LogP contribution in [-0.2, 0) is 0 Å². The van der Waals surface area contributed by atoms with E-state index < -0.39 is 0 Å². The molecule has 1 aliphatic heterocycles. The number of carbonyl (C=O) groups excluding carboxylic acids is 1. The zero-order chi connectivity index (χ0) is 17.3. The molecule has 0 bridgehead atoms. The second kappa shape index (κ2) is 6.62. The Balaban J connectivity index is 1.43. The first-order valence-electron chi connectivity index (χ1n) is 9.26. The maximum atomic E-state index is 13.0. The average molecular weight is 341 g/mol. The lowest BCUT2D eigenvalue weighted by Crippen LogP contribution is -2.44. The summed E-state index contributed by atoms with van der Waals surface area (Å²) in [6.07, 6.45) is 10.7. The normalized spacial score (nSPS) is 20.0. The number of halogens is 1. The van der Waals surface area contributed by atoms with Crippen LogP contribution in [-0.4, -0.2) is 33.7 Å². The summed E-state index contributed by atoms with van der Waals surface area (Å²) >= 11 is 0. The molecule has 2 aliphatic rings. The van der Waals surface area contributed by atoms with Crippen molar-refractivity contribution in [2.75, 3.05) is 13.1 Å². The standard InChI is InChI=1S/C20H24FN3O/c21-16-4-6-17(7-5-16)24-13-8-18(22-24)19(25)23-14-11-20(12-15-23)9-2-1-3-10-20/h4-8,13H,1-3,9-12,14-15H2. The third kappa shape index (κ3) is 3.32. The van der Waals surface area contributed by atoms with Crippen LogP contribution in [0.4, 0.5) is 4.39 Å². The van der Waals surface area contributed by atoms with Gasteiger partial charge in [-0.1, -0.05) is 19.3 Å². The Kier molecular flexibility index (Phi) is 4.32. The highest BCUT2D eigenvalue weighted by atomic mass is 19.1. The molecule has 1 aromatic heterocycles. The van der Waals surface area contributed by atoms with E-state index in [-0.39, 0.29) is 11.7 Å². The highest BCUT2D eigenvalue weighted by molar-refractivity contribution is 5.92. The molecule has 4 nitrogen and oxygen atoms in total. The molecular weight excluding hydrogens is 317 g/mol. The van der Waals surface area contributed by atoms with Gasteiger partial charge in [-0.05, 0) is 61.4 Å². The highest BCUT2D eigenvalue weighted by Crippen LogP contribution is 2.44. The summed E-state index contributed by atoms with van der Waals surface area (Å²) in [5.74, 6) is -0.274. The van der Waals surface area contributed by atoms with Gasteiger partial charge in [0, 0.05) is 19.3 Å². The lowest BCUT2D eigenvalue weighted by atomic mass is 9.68. The van der Waals surface area contributed by atoms with Crippen molar-refractivity contribution in [1.29, 1.82) is 0 Å². The lowest BCUT2D eigenvalue weighted by molar-refractivity contribution is 0.0467. The summed E-state index contributed by atoms with van der Waals surface area (Å²) in [5, 5.41) is 4.39. The van der Waals surface area contributed by atoms with Gasteiger partial charge in [-0.3, -0.25) is 4.79 Å². The second-order valence-electron chi connectivity index (χ2n) is 7.47. The van der Waals surface area contributed by atoms with Gasteiger partial charge in [0.25, 0.3) is 5.91 Å². The topological polar surface area (TPSA) is 38.1 Å². The molecule has 1 amide bonds. The molecule has 132 valence electrons. The average Bonchev–Trinajstić information content (AvgIpc) is 3.13. The molecule has 5 heteroatoms. The number of piperidine rings is 1. The third-order valence-corrected chi connectivity index (χ3v) is 5.92. The van der Waals surface area contributed by atoms with Gasteiger partial charge in [-0.25, -0.2) is 9.07 Å². The van der Waals surface area contributed by atoms with Crippen molar-refractivity contribution in [2.45, 2.75) is 44.9 Å². The molecule has 2 aromatic rings. The molecule has 4 rings (SSSR count). The summed E-state index contributed by atoms with van der Waals surface area (Å²) in [7, 11) is 0. The van der Waals surface area contributed by atoms with E-state index in [0.29, 0.717) is 11.1 Å². The van der Waals surface area contributed by atoms with Gasteiger partial charge in [-0.15, -0.1) is 0 Å². The molecule has 0 unspecified atom stereocenters. The van der Waals surface area contributed by atoms with E-state index in [9.17, 15) is 9.18 Å². The Labute approximate surface area is 147 Å². The molecule has 0 radical (unpaired) electrons. The van der Waals surface area contributed by atoms with Crippen molar-refractivity contribution in [3.05, 3.63) is 48.0 Å². The smallest absolute Gasteiger partial charge is 0.274 e. The predicted molar refractivity (Wildman–Crippen MR) is 94.2 cm³/mol. The number of carbonyl (C=O) groups is 1. The third-order valence-electron chi connectivity index (χ3n) is 5.92. The molecule has 1 aromatic carbocycles. The molecule has 0 atom stereocenters. The van der Waals surface area contributed by atoms with Crippen LogP contribution < -0.4 is 0 Å². The molecule has 1 spiro atoms. The molecule has 1 aliphatic carbocycles. The molecule has 2 heterocycles. The van der Waals surface area contributed by atoms with Gasteiger partial charge >= 0.3 is 0 Å². The van der Waals surface area contributed by atoms with E-state index >= 15 is 0 Å². The minimum atomic E-state index is -0.280. The number of amides is 1. The Hall–Kier alpha value is -2.17. The van der Waals surface area contributed by atoms with Crippen LogP contribution in [0.5, 0.6) is 0 Å². The SMILES string of the molecule is O=C(c1ccn(-c2ccc(F)cc2)n1)N1CCC2(CCCCC2)CC1. The van der Waals surface area contributed by atoms with E-state index in [1.807, 2.05) is 4.90 Å². The van der Waals surface area contributed by atoms with Crippen LogP contribution in [0.15, 0.2) is 36.5 Å². The second-order valence-corrected chi connectivity index (χ2v) is 7.47. The van der Waals surface area contributed by atoms with E-state index in [0.717, 1.165) is 31.6 Å². The van der Waals surface area contributed by atoms with Crippen molar-refractivity contribution in [3.8, 4) is 5.69 Å². The van der Waals surface area contributed by atoms with Crippen molar-refractivity contribution in [3.63, 3.8) is 0 Å². The summed E-state index contributed by atoms with van der Waals surface area (Å²) in [5.41, 5.74) is 1.70. The number of hydrogen-bond acceptors (Lipinski definition) is 2. The van der Waals surface area contributed by atoms with Crippen LogP contribution in [0.2, 0.25) is 0 Å². The highest BCUT2D eigenvalue weighted by Gasteiger charge is 2.37. The van der Waals surface area contributed by atoms with Gasteiger partial charge in [0.05, 0.1) is 5.69 Å². The minimum Gasteiger partial charge on any atom is -0.337 e. The lowest BCUT2D eigenvalue weighted by Gasteiger charge is -2.44. The van der Waals surface area contributed by atoms with Gasteiger partial charge in [0.2, 0.25) is 0 Å². The summed E-state index contributed by atoms with van der Waals surface area (Å²) in [6, 6.07) is 7.85. The van der Waals surface area contributed by atoms with Crippen LogP contribution >= 0.6 is 0 Å². The summed E-state index contributed by atoms with van der Waals surface area (Å²) < 4.78 is 14.7. The first-order chi connectivity index (χ1) is 12.2. The monoisotopic (exact) mass is 341 g/mol. The quantitative estimate of drug-likeness (QED) is 0.821. The maximum absolute atomic E-state index is 13.0. The van der Waals surface area contributed by atoms with Gasteiger partial charge in [0.1, 0.15) is 5.82 Å². The van der Waals surface area contributed by atoms with E-state index in [1.54, 1.807) is 29.1 Å². The minimum absolute atomic E-state index is 0.00604. The Morgan fingerprint density at radius 3 is 2.32 bits per heavy atom. The molecule has 25 heavy (non-hydrogen) atoms.